The summed E-state index contributed by atoms with van der Waals surface area (Å²) in [4.78, 5) is 0. The highest BCUT2D eigenvalue weighted by atomic mass is 35.5. The molecule has 3 aromatic rings. The normalized spacial score (nSPS) is 14.1. The molecule has 3 nitrogen and oxygen atoms in total. The van der Waals surface area contributed by atoms with E-state index in [1.807, 2.05) is 32.0 Å². The molecule has 128 valence electrons. The molecule has 2 aromatic carbocycles. The summed E-state index contributed by atoms with van der Waals surface area (Å²) in [5.41, 5.74) is 5.44. The lowest BCUT2D eigenvalue weighted by atomic mass is 10.1. The maximum Gasteiger partial charge on any atom is 0.138 e. The van der Waals surface area contributed by atoms with Crippen LogP contribution in [0.1, 0.15) is 38.2 Å². The van der Waals surface area contributed by atoms with Crippen LogP contribution in [0.5, 0.6) is 5.75 Å². The van der Waals surface area contributed by atoms with Gasteiger partial charge in [0, 0.05) is 5.56 Å². The van der Waals surface area contributed by atoms with Gasteiger partial charge in [0.25, 0.3) is 0 Å². The number of benzene rings is 2. The molecular weight excluding hydrogens is 332 g/mol. The molecule has 1 fully saturated rings. The Bertz CT molecular complexity index is 879. The van der Waals surface area contributed by atoms with Gasteiger partial charge in [-0.05, 0) is 68.0 Å². The molecule has 0 saturated heterocycles. The Kier molecular flexibility index (Phi) is 4.26. The molecule has 0 unspecified atom stereocenters. The van der Waals surface area contributed by atoms with Crippen molar-refractivity contribution < 1.29 is 4.74 Å². The quantitative estimate of drug-likeness (QED) is 0.605. The van der Waals surface area contributed by atoms with Crippen molar-refractivity contribution in [3.05, 3.63) is 59.1 Å². The van der Waals surface area contributed by atoms with Crippen LogP contribution in [0.15, 0.2) is 48.5 Å². The molecule has 0 bridgehead atoms. The number of aromatic nitrogens is 2. The fourth-order valence-corrected chi connectivity index (χ4v) is 3.20. The van der Waals surface area contributed by atoms with E-state index in [4.69, 9.17) is 16.3 Å². The van der Waals surface area contributed by atoms with Gasteiger partial charge >= 0.3 is 0 Å². The fraction of sp³-hybridized carbons (Fsp3) is 0.286. The van der Waals surface area contributed by atoms with Crippen LogP contribution >= 0.6 is 11.6 Å². The van der Waals surface area contributed by atoms with Crippen molar-refractivity contribution in [2.24, 2.45) is 0 Å². The van der Waals surface area contributed by atoms with Crippen LogP contribution in [-0.2, 0) is 0 Å². The zero-order valence-electron chi connectivity index (χ0n) is 14.4. The van der Waals surface area contributed by atoms with Gasteiger partial charge in [0.15, 0.2) is 0 Å². The minimum Gasteiger partial charge on any atom is -0.489 e. The minimum absolute atomic E-state index is 0.0962. The van der Waals surface area contributed by atoms with E-state index in [1.165, 1.54) is 18.4 Å². The van der Waals surface area contributed by atoms with E-state index in [-0.39, 0.29) is 6.10 Å². The predicted octanol–water partition coefficient (Wildman–Crippen LogP) is 6.06. The zero-order valence-corrected chi connectivity index (χ0v) is 15.2. The van der Waals surface area contributed by atoms with Crippen molar-refractivity contribution in [1.29, 1.82) is 0 Å². The second kappa shape index (κ2) is 6.57. The zero-order chi connectivity index (χ0) is 17.4. The summed E-state index contributed by atoms with van der Waals surface area (Å²) in [7, 11) is 0. The van der Waals surface area contributed by atoms with Crippen molar-refractivity contribution in [1.82, 2.24) is 10.2 Å². The molecule has 1 aliphatic rings. The van der Waals surface area contributed by atoms with Crippen molar-refractivity contribution in [2.75, 3.05) is 0 Å². The van der Waals surface area contributed by atoms with Gasteiger partial charge in [-0.2, -0.15) is 5.10 Å². The Morgan fingerprint density at radius 3 is 2.40 bits per heavy atom. The smallest absolute Gasteiger partial charge is 0.138 e. The average molecular weight is 353 g/mol. The molecule has 0 spiro atoms. The van der Waals surface area contributed by atoms with E-state index < -0.39 is 0 Å². The molecule has 25 heavy (non-hydrogen) atoms. The van der Waals surface area contributed by atoms with Gasteiger partial charge < -0.3 is 4.74 Å². The third-order valence-electron chi connectivity index (χ3n) is 4.44. The molecule has 1 N–H and O–H groups in total. The molecule has 0 radical (unpaired) electrons. The van der Waals surface area contributed by atoms with E-state index in [1.54, 1.807) is 0 Å². The van der Waals surface area contributed by atoms with Gasteiger partial charge in [-0.25, -0.2) is 0 Å². The van der Waals surface area contributed by atoms with Gasteiger partial charge in [0.05, 0.1) is 22.5 Å². The Hall–Kier alpha value is -2.26. The SMILES string of the molecule is CC(C)Oc1ccc(-c2cc(-c3ccc(C4CC4)cc3)[nH]n2)cc1Cl. The molecule has 0 aliphatic heterocycles. The lowest BCUT2D eigenvalue weighted by molar-refractivity contribution is 0.242. The van der Waals surface area contributed by atoms with Gasteiger partial charge in [-0.15, -0.1) is 0 Å². The number of nitrogens with one attached hydrogen (secondary N) is 1. The largest absolute Gasteiger partial charge is 0.489 e. The van der Waals surface area contributed by atoms with E-state index >= 15 is 0 Å². The van der Waals surface area contributed by atoms with Crippen molar-refractivity contribution >= 4 is 11.6 Å². The van der Waals surface area contributed by atoms with E-state index in [0.29, 0.717) is 10.8 Å². The summed E-state index contributed by atoms with van der Waals surface area (Å²) in [5.74, 6) is 1.48. The fourth-order valence-electron chi connectivity index (χ4n) is 2.98. The monoisotopic (exact) mass is 352 g/mol. The highest BCUT2D eigenvalue weighted by molar-refractivity contribution is 6.32. The van der Waals surface area contributed by atoms with Crippen molar-refractivity contribution in [2.45, 2.75) is 38.7 Å². The van der Waals surface area contributed by atoms with Crippen LogP contribution in [0.25, 0.3) is 22.5 Å². The molecule has 0 amide bonds. The van der Waals surface area contributed by atoms with Crippen LogP contribution in [0.4, 0.5) is 0 Å². The first-order valence-electron chi connectivity index (χ1n) is 8.72. The standard InChI is InChI=1S/C21H21ClN2O/c1-13(2)25-21-10-9-17(11-18(21)22)20-12-19(23-24-20)16-7-5-15(6-8-16)14-3-4-14/h5-14H,3-4H2,1-2H3,(H,23,24). The van der Waals surface area contributed by atoms with Gasteiger partial charge in [-0.3, -0.25) is 5.10 Å². The Labute approximate surface area is 153 Å². The summed E-state index contributed by atoms with van der Waals surface area (Å²) in [6.07, 6.45) is 2.74. The van der Waals surface area contributed by atoms with Crippen LogP contribution < -0.4 is 4.74 Å². The minimum atomic E-state index is 0.0962. The number of aromatic amines is 1. The van der Waals surface area contributed by atoms with E-state index in [9.17, 15) is 0 Å². The lowest BCUT2D eigenvalue weighted by Crippen LogP contribution is -2.05. The van der Waals surface area contributed by atoms with E-state index in [0.717, 1.165) is 28.4 Å². The molecule has 1 saturated carbocycles. The Morgan fingerprint density at radius 1 is 1.04 bits per heavy atom. The molecule has 0 atom stereocenters. The first kappa shape index (κ1) is 16.2. The average Bonchev–Trinajstić information content (AvgIpc) is 3.33. The predicted molar refractivity (Wildman–Crippen MR) is 102 cm³/mol. The number of nitrogens with zero attached hydrogens (tertiary/aromatic N) is 1. The number of halogens is 1. The van der Waals surface area contributed by atoms with Crippen molar-refractivity contribution in [3.8, 4) is 28.3 Å². The highest BCUT2D eigenvalue weighted by Gasteiger charge is 2.23. The maximum atomic E-state index is 6.34. The number of rotatable bonds is 5. The van der Waals surface area contributed by atoms with Crippen LogP contribution in [-0.4, -0.2) is 16.3 Å². The summed E-state index contributed by atoms with van der Waals surface area (Å²) in [6.45, 7) is 3.97. The third kappa shape index (κ3) is 3.57. The summed E-state index contributed by atoms with van der Waals surface area (Å²) < 4.78 is 5.69. The summed E-state index contributed by atoms with van der Waals surface area (Å²) in [6, 6.07) is 16.6. The second-order valence-corrected chi connectivity index (χ2v) is 7.28. The molecular formula is C21H21ClN2O. The molecule has 1 aromatic heterocycles. The first-order chi connectivity index (χ1) is 12.1. The summed E-state index contributed by atoms with van der Waals surface area (Å²) >= 11 is 6.34. The second-order valence-electron chi connectivity index (χ2n) is 6.87. The molecule has 1 heterocycles. The van der Waals surface area contributed by atoms with Crippen LogP contribution in [0.2, 0.25) is 5.02 Å². The topological polar surface area (TPSA) is 37.9 Å². The number of hydrogen-bond donors (Lipinski definition) is 1. The maximum absolute atomic E-state index is 6.34. The number of hydrogen-bond acceptors (Lipinski definition) is 2. The van der Waals surface area contributed by atoms with Crippen LogP contribution in [0, 0.1) is 0 Å². The number of H-pyrrole nitrogens is 1. The summed E-state index contributed by atoms with van der Waals surface area (Å²) in [5, 5.41) is 8.17. The van der Waals surface area contributed by atoms with Gasteiger partial charge in [0.1, 0.15) is 5.75 Å². The lowest BCUT2D eigenvalue weighted by Gasteiger charge is -2.11. The van der Waals surface area contributed by atoms with E-state index in [2.05, 4.69) is 40.5 Å². The molecule has 4 heteroatoms. The van der Waals surface area contributed by atoms with Crippen molar-refractivity contribution in [3.63, 3.8) is 0 Å². The molecule has 1 aliphatic carbocycles. The Balaban J connectivity index is 1.57. The molecule has 4 rings (SSSR count). The first-order valence-corrected chi connectivity index (χ1v) is 9.10. The number of ether oxygens (including phenoxy) is 1. The Morgan fingerprint density at radius 2 is 1.76 bits per heavy atom. The van der Waals surface area contributed by atoms with Gasteiger partial charge in [0.2, 0.25) is 0 Å². The van der Waals surface area contributed by atoms with Gasteiger partial charge in [-0.1, -0.05) is 35.9 Å². The highest BCUT2D eigenvalue weighted by Crippen LogP contribution is 2.40. The van der Waals surface area contributed by atoms with Crippen LogP contribution in [0.3, 0.4) is 0 Å². The third-order valence-corrected chi connectivity index (χ3v) is 4.73.